The van der Waals surface area contributed by atoms with Gasteiger partial charge >= 0.3 is 0 Å². The minimum atomic E-state index is -0.140. The summed E-state index contributed by atoms with van der Waals surface area (Å²) in [6.07, 6.45) is 5.85. The highest BCUT2D eigenvalue weighted by Crippen LogP contribution is 2.29. The summed E-state index contributed by atoms with van der Waals surface area (Å²) < 4.78 is 7.74. The number of H-pyrrole nitrogens is 1. The quantitative estimate of drug-likeness (QED) is 0.694. The number of aromatic amines is 1. The molecule has 2 heterocycles. The molecule has 3 rings (SSSR count). The molecule has 3 aromatic rings. The van der Waals surface area contributed by atoms with Crippen LogP contribution in [0.1, 0.15) is 38.2 Å². The second kappa shape index (κ2) is 7.42. The monoisotopic (exact) mass is 340 g/mol. The lowest BCUT2D eigenvalue weighted by atomic mass is 10.1. The van der Waals surface area contributed by atoms with E-state index in [2.05, 4.69) is 22.2 Å². The van der Waals surface area contributed by atoms with Gasteiger partial charge in [0.25, 0.3) is 0 Å². The number of ether oxygens (including phenoxy) is 1. The Balaban J connectivity index is 1.76. The third-order valence-electron chi connectivity index (χ3n) is 4.25. The molecule has 2 aromatic heterocycles. The maximum Gasteiger partial charge on any atom is 0.225 e. The van der Waals surface area contributed by atoms with Gasteiger partial charge in [-0.05, 0) is 38.5 Å². The second-order valence-corrected chi connectivity index (χ2v) is 5.96. The largest absolute Gasteiger partial charge is 0.493 e. The molecule has 0 fully saturated rings. The fourth-order valence-electron chi connectivity index (χ4n) is 3.13. The van der Waals surface area contributed by atoms with E-state index in [-0.39, 0.29) is 11.9 Å². The smallest absolute Gasteiger partial charge is 0.225 e. The van der Waals surface area contributed by atoms with Gasteiger partial charge in [0.1, 0.15) is 11.6 Å². The van der Waals surface area contributed by atoms with E-state index in [1.807, 2.05) is 49.0 Å². The number of hydrogen-bond donors (Lipinski definition) is 2. The van der Waals surface area contributed by atoms with Crippen LogP contribution in [0.15, 0.2) is 36.8 Å². The lowest BCUT2D eigenvalue weighted by Gasteiger charge is -2.15. The summed E-state index contributed by atoms with van der Waals surface area (Å²) in [6, 6.07) is 5.72. The van der Waals surface area contributed by atoms with E-state index >= 15 is 0 Å². The van der Waals surface area contributed by atoms with E-state index in [0.29, 0.717) is 13.0 Å². The first-order valence-electron chi connectivity index (χ1n) is 8.66. The first kappa shape index (κ1) is 17.1. The van der Waals surface area contributed by atoms with Crippen LogP contribution in [0.5, 0.6) is 5.75 Å². The number of amides is 1. The third kappa shape index (κ3) is 3.52. The van der Waals surface area contributed by atoms with Crippen molar-refractivity contribution in [2.24, 2.45) is 0 Å². The van der Waals surface area contributed by atoms with Gasteiger partial charge in [-0.3, -0.25) is 4.79 Å². The zero-order chi connectivity index (χ0) is 17.8. The Bertz CT molecular complexity index is 865. The van der Waals surface area contributed by atoms with Crippen LogP contribution in [-0.4, -0.2) is 27.0 Å². The van der Waals surface area contributed by atoms with Crippen molar-refractivity contribution in [1.82, 2.24) is 19.9 Å². The van der Waals surface area contributed by atoms with Crippen molar-refractivity contribution in [1.29, 1.82) is 0 Å². The zero-order valence-electron chi connectivity index (χ0n) is 14.9. The van der Waals surface area contributed by atoms with Gasteiger partial charge in [0, 0.05) is 36.0 Å². The van der Waals surface area contributed by atoms with E-state index in [0.717, 1.165) is 34.6 Å². The number of benzene rings is 1. The minimum absolute atomic E-state index is 0.0367. The van der Waals surface area contributed by atoms with E-state index in [1.165, 1.54) is 0 Å². The number of nitrogens with zero attached hydrogens (tertiary/aromatic N) is 2. The third-order valence-corrected chi connectivity index (χ3v) is 4.25. The first-order valence-corrected chi connectivity index (χ1v) is 8.66. The van der Waals surface area contributed by atoms with Crippen LogP contribution < -0.4 is 10.1 Å². The number of aryl methyl sites for hydroxylation is 1. The minimum Gasteiger partial charge on any atom is -0.493 e. The number of fused-ring (bicyclic) bond motifs is 1. The normalized spacial score (nSPS) is 12.3. The molecular formula is C19H24N4O2. The molecule has 0 radical (unpaired) electrons. The zero-order valence-corrected chi connectivity index (χ0v) is 14.9. The van der Waals surface area contributed by atoms with Gasteiger partial charge in [0.15, 0.2) is 0 Å². The van der Waals surface area contributed by atoms with Crippen molar-refractivity contribution in [3.63, 3.8) is 0 Å². The highest BCUT2D eigenvalue weighted by Gasteiger charge is 2.17. The highest BCUT2D eigenvalue weighted by molar-refractivity contribution is 5.93. The van der Waals surface area contributed by atoms with Crippen molar-refractivity contribution < 1.29 is 9.53 Å². The van der Waals surface area contributed by atoms with Gasteiger partial charge in [-0.2, -0.15) is 0 Å². The number of hydrogen-bond acceptors (Lipinski definition) is 3. The molecule has 0 saturated heterocycles. The molecule has 0 bridgehead atoms. The SMILES string of the molecule is CCOc1cccc2[nH]cc(CC(=O)NC(C)c3nccn3CC)c12. The van der Waals surface area contributed by atoms with Gasteiger partial charge in [-0.1, -0.05) is 6.07 Å². The van der Waals surface area contributed by atoms with Gasteiger partial charge in [-0.15, -0.1) is 0 Å². The molecule has 0 aliphatic carbocycles. The van der Waals surface area contributed by atoms with E-state index in [1.54, 1.807) is 6.20 Å². The molecule has 0 spiro atoms. The number of imidazole rings is 1. The molecule has 1 atom stereocenters. The number of nitrogens with one attached hydrogen (secondary N) is 2. The fourth-order valence-corrected chi connectivity index (χ4v) is 3.13. The Morgan fingerprint density at radius 1 is 1.40 bits per heavy atom. The summed E-state index contributed by atoms with van der Waals surface area (Å²) in [5.74, 6) is 1.63. The molecule has 6 heteroatoms. The van der Waals surface area contributed by atoms with Crippen molar-refractivity contribution in [2.45, 2.75) is 39.8 Å². The lowest BCUT2D eigenvalue weighted by molar-refractivity contribution is -0.121. The maximum absolute atomic E-state index is 12.5. The maximum atomic E-state index is 12.5. The Hall–Kier alpha value is -2.76. The van der Waals surface area contributed by atoms with Gasteiger partial charge in [0.2, 0.25) is 5.91 Å². The molecular weight excluding hydrogens is 316 g/mol. The Kier molecular flexibility index (Phi) is 5.07. The standard InChI is InChI=1S/C19H24N4O2/c1-4-23-10-9-20-19(23)13(3)22-17(24)11-14-12-21-15-7-6-8-16(18(14)15)25-5-2/h6-10,12-13,21H,4-5,11H2,1-3H3,(H,22,24). The van der Waals surface area contributed by atoms with E-state index in [4.69, 9.17) is 4.74 Å². The molecule has 25 heavy (non-hydrogen) atoms. The number of carbonyl (C=O) groups is 1. The van der Waals surface area contributed by atoms with E-state index in [9.17, 15) is 4.79 Å². The van der Waals surface area contributed by atoms with Gasteiger partial charge in [-0.25, -0.2) is 4.98 Å². The van der Waals surface area contributed by atoms with Crippen LogP contribution in [0, 0.1) is 0 Å². The summed E-state index contributed by atoms with van der Waals surface area (Å²) in [5, 5.41) is 4.01. The average molecular weight is 340 g/mol. The summed E-state index contributed by atoms with van der Waals surface area (Å²) in [4.78, 5) is 20.1. The molecule has 1 amide bonds. The average Bonchev–Trinajstić information content (AvgIpc) is 3.22. The van der Waals surface area contributed by atoms with Crippen LogP contribution in [0.4, 0.5) is 0 Å². The van der Waals surface area contributed by atoms with Crippen molar-refractivity contribution in [2.75, 3.05) is 6.61 Å². The molecule has 132 valence electrons. The summed E-state index contributed by atoms with van der Waals surface area (Å²) >= 11 is 0. The van der Waals surface area contributed by atoms with Crippen LogP contribution in [0.2, 0.25) is 0 Å². The van der Waals surface area contributed by atoms with Crippen molar-refractivity contribution in [3.05, 3.63) is 48.2 Å². The molecule has 1 aromatic carbocycles. The summed E-state index contributed by atoms with van der Waals surface area (Å²) in [5.41, 5.74) is 1.91. The Morgan fingerprint density at radius 2 is 2.24 bits per heavy atom. The second-order valence-electron chi connectivity index (χ2n) is 5.96. The molecule has 0 saturated carbocycles. The van der Waals surface area contributed by atoms with Crippen molar-refractivity contribution >= 4 is 16.8 Å². The van der Waals surface area contributed by atoms with Crippen LogP contribution >= 0.6 is 0 Å². The molecule has 0 aliphatic heterocycles. The molecule has 6 nitrogen and oxygen atoms in total. The van der Waals surface area contributed by atoms with Crippen LogP contribution in [-0.2, 0) is 17.8 Å². The van der Waals surface area contributed by atoms with Gasteiger partial charge in [0.05, 0.1) is 19.1 Å². The lowest BCUT2D eigenvalue weighted by Crippen LogP contribution is -2.29. The van der Waals surface area contributed by atoms with Crippen molar-refractivity contribution in [3.8, 4) is 5.75 Å². The predicted octanol–water partition coefficient (Wildman–Crippen LogP) is 3.20. The summed E-state index contributed by atoms with van der Waals surface area (Å²) in [6.45, 7) is 7.38. The number of aromatic nitrogens is 3. The fraction of sp³-hybridized carbons (Fsp3) is 0.368. The van der Waals surface area contributed by atoms with Gasteiger partial charge < -0.3 is 19.6 Å². The number of rotatable bonds is 7. The Morgan fingerprint density at radius 3 is 3.00 bits per heavy atom. The first-order chi connectivity index (χ1) is 12.1. The number of carbonyl (C=O) groups excluding carboxylic acids is 1. The molecule has 1 unspecified atom stereocenters. The van der Waals surface area contributed by atoms with E-state index < -0.39 is 0 Å². The van der Waals surface area contributed by atoms with Crippen LogP contribution in [0.3, 0.4) is 0 Å². The topological polar surface area (TPSA) is 71.9 Å². The Labute approximate surface area is 147 Å². The summed E-state index contributed by atoms with van der Waals surface area (Å²) in [7, 11) is 0. The van der Waals surface area contributed by atoms with Crippen LogP contribution in [0.25, 0.3) is 10.9 Å². The molecule has 2 N–H and O–H groups in total. The molecule has 0 aliphatic rings. The predicted molar refractivity (Wildman–Crippen MR) is 97.6 cm³/mol. The highest BCUT2D eigenvalue weighted by atomic mass is 16.5.